The SMILES string of the molecule is COc1cn2nc(C)cc2cc1NC(=O)N1CCc2c(N3CCN[C@H](C)C3)ccnc21. The monoisotopic (exact) mass is 421 g/mol. The van der Waals surface area contributed by atoms with Crippen LogP contribution in [0.25, 0.3) is 5.52 Å². The van der Waals surface area contributed by atoms with E-state index in [1.807, 2.05) is 19.1 Å². The molecular formula is C22H27N7O2. The fraction of sp³-hybridized carbons (Fsp3) is 0.409. The highest BCUT2D eigenvalue weighted by Crippen LogP contribution is 2.35. The molecule has 0 radical (unpaired) electrons. The highest BCUT2D eigenvalue weighted by Gasteiger charge is 2.31. The van der Waals surface area contributed by atoms with Gasteiger partial charge in [0.05, 0.1) is 30.2 Å². The Labute approximate surface area is 181 Å². The van der Waals surface area contributed by atoms with Gasteiger partial charge in [0.2, 0.25) is 0 Å². The number of anilines is 3. The van der Waals surface area contributed by atoms with Gasteiger partial charge in [0.25, 0.3) is 0 Å². The molecule has 3 aromatic rings. The minimum Gasteiger partial charge on any atom is -0.493 e. The van der Waals surface area contributed by atoms with Crippen molar-refractivity contribution in [3.05, 3.63) is 41.9 Å². The smallest absolute Gasteiger partial charge is 0.327 e. The van der Waals surface area contributed by atoms with Crippen LogP contribution in [-0.2, 0) is 6.42 Å². The van der Waals surface area contributed by atoms with Crippen molar-refractivity contribution in [1.29, 1.82) is 0 Å². The zero-order chi connectivity index (χ0) is 21.5. The van der Waals surface area contributed by atoms with Crippen molar-refractivity contribution in [2.75, 3.05) is 48.4 Å². The van der Waals surface area contributed by atoms with Gasteiger partial charge in [-0.1, -0.05) is 0 Å². The molecule has 31 heavy (non-hydrogen) atoms. The second kappa shape index (κ2) is 7.73. The van der Waals surface area contributed by atoms with E-state index in [4.69, 9.17) is 4.74 Å². The van der Waals surface area contributed by atoms with Gasteiger partial charge >= 0.3 is 6.03 Å². The van der Waals surface area contributed by atoms with Gasteiger partial charge in [-0.3, -0.25) is 4.90 Å². The van der Waals surface area contributed by atoms with Crippen LogP contribution >= 0.6 is 0 Å². The molecular weight excluding hydrogens is 394 g/mol. The van der Waals surface area contributed by atoms with E-state index in [0.717, 1.165) is 48.6 Å². The van der Waals surface area contributed by atoms with Crippen LogP contribution in [0.3, 0.4) is 0 Å². The number of nitrogens with zero attached hydrogens (tertiary/aromatic N) is 5. The lowest BCUT2D eigenvalue weighted by Crippen LogP contribution is -2.49. The van der Waals surface area contributed by atoms with Crippen LogP contribution in [0.5, 0.6) is 5.75 Å². The maximum absolute atomic E-state index is 13.2. The molecule has 9 heteroatoms. The first-order valence-electron chi connectivity index (χ1n) is 10.6. The van der Waals surface area contributed by atoms with Gasteiger partial charge in [0, 0.05) is 49.7 Å². The third-order valence-corrected chi connectivity index (χ3v) is 5.95. The lowest BCUT2D eigenvalue weighted by atomic mass is 10.1. The highest BCUT2D eigenvalue weighted by atomic mass is 16.5. The van der Waals surface area contributed by atoms with Gasteiger partial charge in [-0.25, -0.2) is 14.3 Å². The molecule has 0 bridgehead atoms. The molecule has 0 spiro atoms. The number of aryl methyl sites for hydroxylation is 1. The van der Waals surface area contributed by atoms with Gasteiger partial charge in [0.1, 0.15) is 5.82 Å². The number of piperazine rings is 1. The first kappa shape index (κ1) is 19.6. The number of rotatable bonds is 3. The number of aromatic nitrogens is 3. The van der Waals surface area contributed by atoms with Crippen LogP contribution in [0, 0.1) is 6.92 Å². The Bertz CT molecular complexity index is 1140. The maximum atomic E-state index is 13.2. The molecule has 162 valence electrons. The van der Waals surface area contributed by atoms with Crippen molar-refractivity contribution < 1.29 is 9.53 Å². The number of hydrogen-bond donors (Lipinski definition) is 2. The van der Waals surface area contributed by atoms with Crippen LogP contribution in [0.15, 0.2) is 30.6 Å². The average molecular weight is 422 g/mol. The summed E-state index contributed by atoms with van der Waals surface area (Å²) in [6, 6.07) is 6.13. The molecule has 0 aliphatic carbocycles. The van der Waals surface area contributed by atoms with E-state index in [1.165, 1.54) is 5.69 Å². The van der Waals surface area contributed by atoms with E-state index in [2.05, 4.69) is 38.6 Å². The summed E-state index contributed by atoms with van der Waals surface area (Å²) >= 11 is 0. The Morgan fingerprint density at radius 3 is 3.00 bits per heavy atom. The Morgan fingerprint density at radius 2 is 2.19 bits per heavy atom. The molecule has 0 aromatic carbocycles. The number of urea groups is 1. The third-order valence-electron chi connectivity index (χ3n) is 5.95. The minimum absolute atomic E-state index is 0.212. The summed E-state index contributed by atoms with van der Waals surface area (Å²) < 4.78 is 7.23. The predicted molar refractivity (Wildman–Crippen MR) is 120 cm³/mol. The van der Waals surface area contributed by atoms with Crippen LogP contribution in [0.4, 0.5) is 22.0 Å². The predicted octanol–water partition coefficient (Wildman–Crippen LogP) is 2.44. The van der Waals surface area contributed by atoms with Crippen molar-refractivity contribution in [3.8, 4) is 5.75 Å². The number of amides is 2. The molecule has 1 fully saturated rings. The van der Waals surface area contributed by atoms with Gasteiger partial charge in [-0.2, -0.15) is 5.10 Å². The normalized spacial score (nSPS) is 18.4. The number of carbonyl (C=O) groups is 1. The summed E-state index contributed by atoms with van der Waals surface area (Å²) in [6.07, 6.45) is 4.37. The third kappa shape index (κ3) is 3.54. The number of methoxy groups -OCH3 is 1. The van der Waals surface area contributed by atoms with Crippen LogP contribution < -0.4 is 25.2 Å². The summed E-state index contributed by atoms with van der Waals surface area (Å²) in [7, 11) is 1.58. The zero-order valence-electron chi connectivity index (χ0n) is 18.1. The van der Waals surface area contributed by atoms with Crippen LogP contribution in [0.2, 0.25) is 0 Å². The van der Waals surface area contributed by atoms with Crippen molar-refractivity contribution in [1.82, 2.24) is 19.9 Å². The molecule has 1 atom stereocenters. The molecule has 1 saturated heterocycles. The number of fused-ring (bicyclic) bond motifs is 2. The molecule has 0 saturated carbocycles. The van der Waals surface area contributed by atoms with Gasteiger partial charge in [0.15, 0.2) is 5.75 Å². The molecule has 2 amide bonds. The van der Waals surface area contributed by atoms with E-state index in [-0.39, 0.29) is 6.03 Å². The van der Waals surface area contributed by atoms with Gasteiger partial charge < -0.3 is 20.3 Å². The van der Waals surface area contributed by atoms with E-state index in [1.54, 1.807) is 28.9 Å². The summed E-state index contributed by atoms with van der Waals surface area (Å²) in [5.41, 5.74) is 4.73. The largest absolute Gasteiger partial charge is 0.493 e. The number of nitrogens with one attached hydrogen (secondary N) is 2. The minimum atomic E-state index is -0.212. The first-order valence-corrected chi connectivity index (χ1v) is 10.6. The lowest BCUT2D eigenvalue weighted by molar-refractivity contribution is 0.257. The van der Waals surface area contributed by atoms with Crippen molar-refractivity contribution >= 4 is 28.7 Å². The maximum Gasteiger partial charge on any atom is 0.327 e. The van der Waals surface area contributed by atoms with E-state index < -0.39 is 0 Å². The zero-order valence-corrected chi connectivity index (χ0v) is 18.1. The fourth-order valence-corrected chi connectivity index (χ4v) is 4.51. The molecule has 2 N–H and O–H groups in total. The van der Waals surface area contributed by atoms with Gasteiger partial charge in [-0.15, -0.1) is 0 Å². The Hall–Kier alpha value is -3.33. The molecule has 9 nitrogen and oxygen atoms in total. The Morgan fingerprint density at radius 1 is 1.32 bits per heavy atom. The lowest BCUT2D eigenvalue weighted by Gasteiger charge is -2.34. The van der Waals surface area contributed by atoms with E-state index >= 15 is 0 Å². The molecule has 0 unspecified atom stereocenters. The number of carbonyl (C=O) groups excluding carboxylic acids is 1. The fourth-order valence-electron chi connectivity index (χ4n) is 4.51. The summed E-state index contributed by atoms with van der Waals surface area (Å²) in [6.45, 7) is 7.59. The average Bonchev–Trinajstić information content (AvgIpc) is 3.35. The molecule has 5 heterocycles. The molecule has 2 aliphatic rings. The van der Waals surface area contributed by atoms with Crippen molar-refractivity contribution in [2.45, 2.75) is 26.3 Å². The molecule has 3 aromatic heterocycles. The topological polar surface area (TPSA) is 87.0 Å². The standard InChI is InChI=1S/C22H27N7O2/c1-14-10-16-11-18(20(31-3)13-29(16)26-14)25-22(30)28-8-5-17-19(4-6-24-21(17)28)27-9-7-23-15(2)12-27/h4,6,10-11,13,15,23H,5,7-9,12H2,1-3H3,(H,25,30)/t15-/m1/s1. The molecule has 5 rings (SSSR count). The van der Waals surface area contributed by atoms with E-state index in [9.17, 15) is 4.79 Å². The summed E-state index contributed by atoms with van der Waals surface area (Å²) in [5, 5.41) is 10.9. The summed E-state index contributed by atoms with van der Waals surface area (Å²) in [5.74, 6) is 1.29. The Kier molecular flexibility index (Phi) is 4.90. The van der Waals surface area contributed by atoms with Crippen LogP contribution in [-0.4, -0.2) is 60.0 Å². The van der Waals surface area contributed by atoms with E-state index in [0.29, 0.717) is 24.0 Å². The first-order chi connectivity index (χ1) is 15.0. The summed E-state index contributed by atoms with van der Waals surface area (Å²) in [4.78, 5) is 21.9. The second-order valence-electron chi connectivity index (χ2n) is 8.18. The number of hydrogen-bond acceptors (Lipinski definition) is 6. The van der Waals surface area contributed by atoms with Crippen molar-refractivity contribution in [3.63, 3.8) is 0 Å². The number of ether oxygens (including phenoxy) is 1. The van der Waals surface area contributed by atoms with Crippen molar-refractivity contribution in [2.24, 2.45) is 0 Å². The highest BCUT2D eigenvalue weighted by molar-refractivity contribution is 6.04. The quantitative estimate of drug-likeness (QED) is 0.676. The molecule has 2 aliphatic heterocycles. The second-order valence-corrected chi connectivity index (χ2v) is 8.18. The Balaban J connectivity index is 1.41. The van der Waals surface area contributed by atoms with Gasteiger partial charge in [-0.05, 0) is 38.5 Å². The number of pyridine rings is 2. The van der Waals surface area contributed by atoms with Crippen LogP contribution in [0.1, 0.15) is 18.2 Å².